The molecule has 6 nitrogen and oxygen atoms in total. The zero-order valence-electron chi connectivity index (χ0n) is 16.0. The molecule has 2 unspecified atom stereocenters. The second-order valence-corrected chi connectivity index (χ2v) is 7.32. The molecule has 3 rings (SSSR count). The van der Waals surface area contributed by atoms with Gasteiger partial charge in [0.2, 0.25) is 11.8 Å². The van der Waals surface area contributed by atoms with E-state index in [-0.39, 0.29) is 18.0 Å². The van der Waals surface area contributed by atoms with E-state index in [1.807, 2.05) is 12.2 Å². The van der Waals surface area contributed by atoms with Gasteiger partial charge in [-0.2, -0.15) is 0 Å². The fourth-order valence-electron chi connectivity index (χ4n) is 3.90. The molecule has 2 atom stereocenters. The van der Waals surface area contributed by atoms with Crippen LogP contribution in [0, 0.1) is 17.2 Å². The Hall–Kier alpha value is -2.83. The van der Waals surface area contributed by atoms with E-state index >= 15 is 0 Å². The van der Waals surface area contributed by atoms with Gasteiger partial charge in [-0.3, -0.25) is 24.2 Å². The van der Waals surface area contributed by atoms with Crippen LogP contribution in [0.25, 0.3) is 0 Å². The van der Waals surface area contributed by atoms with Crippen LogP contribution in [-0.4, -0.2) is 46.5 Å². The Kier molecular flexibility index (Phi) is 5.45. The minimum atomic E-state index is -1.44. The summed E-state index contributed by atoms with van der Waals surface area (Å²) in [5, 5.41) is 0. The van der Waals surface area contributed by atoms with E-state index < -0.39 is 41.4 Å². The van der Waals surface area contributed by atoms with Crippen molar-refractivity contribution in [3.63, 3.8) is 0 Å². The number of Topliss-reactive ketones (excluding diaryl/α,β-unsaturated/α-hetero) is 1. The summed E-state index contributed by atoms with van der Waals surface area (Å²) in [5.74, 6) is -2.68. The molecular formula is C21H23FN2O4. The van der Waals surface area contributed by atoms with Crippen LogP contribution < -0.4 is 0 Å². The molecule has 0 aromatic heterocycles. The summed E-state index contributed by atoms with van der Waals surface area (Å²) >= 11 is 0. The van der Waals surface area contributed by atoms with Gasteiger partial charge in [-0.05, 0) is 51.2 Å². The Morgan fingerprint density at radius 2 is 1.93 bits per heavy atom. The van der Waals surface area contributed by atoms with Crippen LogP contribution in [0.3, 0.4) is 0 Å². The Bertz CT molecular complexity index is 866. The first-order valence-electron chi connectivity index (χ1n) is 9.44. The van der Waals surface area contributed by atoms with Crippen molar-refractivity contribution in [3.8, 4) is 0 Å². The lowest BCUT2D eigenvalue weighted by molar-refractivity contribution is -0.160. The van der Waals surface area contributed by atoms with Gasteiger partial charge >= 0.3 is 6.03 Å². The molecule has 2 aliphatic rings. The number of rotatable bonds is 5. The maximum Gasteiger partial charge on any atom is 0.333 e. The van der Waals surface area contributed by atoms with Gasteiger partial charge in [0.1, 0.15) is 11.2 Å². The molecular weight excluding hydrogens is 363 g/mol. The minimum absolute atomic E-state index is 0.0693. The number of imide groups is 2. The van der Waals surface area contributed by atoms with Gasteiger partial charge in [0, 0.05) is 12.1 Å². The highest BCUT2D eigenvalue weighted by molar-refractivity contribution is 6.20. The van der Waals surface area contributed by atoms with Gasteiger partial charge < -0.3 is 0 Å². The first-order valence-corrected chi connectivity index (χ1v) is 9.44. The number of halogens is 1. The van der Waals surface area contributed by atoms with E-state index in [1.54, 1.807) is 13.8 Å². The molecule has 7 heteroatoms. The number of urea groups is 1. The number of allylic oxidation sites excluding steroid dienone is 2. The molecule has 4 amide bonds. The molecule has 1 saturated heterocycles. The summed E-state index contributed by atoms with van der Waals surface area (Å²) < 4.78 is 13.4. The lowest BCUT2D eigenvalue weighted by Crippen LogP contribution is -2.66. The van der Waals surface area contributed by atoms with Crippen LogP contribution in [0.1, 0.15) is 43.5 Å². The third-order valence-corrected chi connectivity index (χ3v) is 5.60. The summed E-state index contributed by atoms with van der Waals surface area (Å²) in [6, 6.07) is 4.28. The molecule has 1 aliphatic heterocycles. The predicted molar refractivity (Wildman–Crippen MR) is 99.8 cm³/mol. The molecule has 148 valence electrons. The molecule has 0 bridgehead atoms. The number of amides is 4. The monoisotopic (exact) mass is 386 g/mol. The molecule has 0 radical (unpaired) electrons. The lowest BCUT2D eigenvalue weighted by Gasteiger charge is -2.45. The fraction of sp³-hybridized carbons (Fsp3) is 0.429. The molecule has 1 aliphatic carbocycles. The van der Waals surface area contributed by atoms with Crippen molar-refractivity contribution >= 4 is 23.6 Å². The topological polar surface area (TPSA) is 74.8 Å². The first kappa shape index (κ1) is 19.9. The summed E-state index contributed by atoms with van der Waals surface area (Å²) in [6.07, 6.45) is 6.18. The van der Waals surface area contributed by atoms with E-state index in [0.717, 1.165) is 28.7 Å². The molecule has 0 N–H and O–H groups in total. The van der Waals surface area contributed by atoms with Crippen molar-refractivity contribution in [1.82, 2.24) is 9.80 Å². The number of benzene rings is 1. The van der Waals surface area contributed by atoms with Crippen LogP contribution in [0.4, 0.5) is 9.18 Å². The Morgan fingerprint density at radius 1 is 1.21 bits per heavy atom. The van der Waals surface area contributed by atoms with Crippen LogP contribution >= 0.6 is 0 Å². The van der Waals surface area contributed by atoms with E-state index in [9.17, 15) is 23.6 Å². The molecule has 1 aromatic carbocycles. The number of barbiturate groups is 1. The zero-order chi connectivity index (χ0) is 20.5. The summed E-state index contributed by atoms with van der Waals surface area (Å²) in [5.41, 5.74) is -1.37. The first-order chi connectivity index (χ1) is 13.3. The van der Waals surface area contributed by atoms with Crippen molar-refractivity contribution in [2.45, 2.75) is 33.1 Å². The smallest absolute Gasteiger partial charge is 0.292 e. The van der Waals surface area contributed by atoms with Crippen LogP contribution in [-0.2, 0) is 9.59 Å². The number of carbonyl (C=O) groups excluding carboxylic acids is 4. The molecule has 0 saturated carbocycles. The molecule has 1 fully saturated rings. The van der Waals surface area contributed by atoms with Crippen LogP contribution in [0.5, 0.6) is 0 Å². The third kappa shape index (κ3) is 3.25. The fourth-order valence-corrected chi connectivity index (χ4v) is 3.90. The van der Waals surface area contributed by atoms with Crippen molar-refractivity contribution in [2.75, 3.05) is 13.1 Å². The molecule has 28 heavy (non-hydrogen) atoms. The predicted octanol–water partition coefficient (Wildman–Crippen LogP) is 3.18. The van der Waals surface area contributed by atoms with Gasteiger partial charge in [-0.15, -0.1) is 0 Å². The van der Waals surface area contributed by atoms with Crippen LogP contribution in [0.2, 0.25) is 0 Å². The number of hydrogen-bond acceptors (Lipinski definition) is 4. The summed E-state index contributed by atoms with van der Waals surface area (Å²) in [6.45, 7) is 2.76. The standard InChI is InChI=1S/C21H23FN2O4/c1-3-23-18(26)21(2,15-9-5-4-6-10-15)19(27)24(20(23)28)13-17(25)14-8-7-11-16(22)12-14/h5,7-9,11-12,15H,3-4,6,10,13H2,1-2H3. The SMILES string of the molecule is CCN1C(=O)N(CC(=O)c2cccc(F)c2)C(=O)C(C)(C2C=CCCC2)C1=O. The number of carbonyl (C=O) groups is 4. The van der Waals surface area contributed by atoms with E-state index in [1.165, 1.54) is 18.2 Å². The van der Waals surface area contributed by atoms with Crippen molar-refractivity contribution in [1.29, 1.82) is 0 Å². The quantitative estimate of drug-likeness (QED) is 0.443. The molecule has 1 heterocycles. The second-order valence-electron chi connectivity index (χ2n) is 7.32. The van der Waals surface area contributed by atoms with Crippen molar-refractivity contribution < 1.29 is 23.6 Å². The number of nitrogens with zero attached hydrogens (tertiary/aromatic N) is 2. The molecule has 1 aromatic rings. The minimum Gasteiger partial charge on any atom is -0.292 e. The van der Waals surface area contributed by atoms with Gasteiger partial charge in [-0.1, -0.05) is 24.3 Å². The Labute approximate surface area is 163 Å². The highest BCUT2D eigenvalue weighted by Gasteiger charge is 2.57. The van der Waals surface area contributed by atoms with Crippen LogP contribution in [0.15, 0.2) is 36.4 Å². The molecule has 0 spiro atoms. The summed E-state index contributed by atoms with van der Waals surface area (Å²) in [7, 11) is 0. The average molecular weight is 386 g/mol. The lowest BCUT2D eigenvalue weighted by atomic mass is 9.69. The van der Waals surface area contributed by atoms with Gasteiger partial charge in [0.05, 0.1) is 6.54 Å². The van der Waals surface area contributed by atoms with Gasteiger partial charge in [0.15, 0.2) is 5.78 Å². The third-order valence-electron chi connectivity index (χ3n) is 5.60. The average Bonchev–Trinajstić information content (AvgIpc) is 2.70. The highest BCUT2D eigenvalue weighted by atomic mass is 19.1. The normalized spacial score (nSPS) is 25.4. The maximum atomic E-state index is 13.4. The van der Waals surface area contributed by atoms with Gasteiger partial charge in [0.25, 0.3) is 0 Å². The van der Waals surface area contributed by atoms with E-state index in [2.05, 4.69) is 0 Å². The highest BCUT2D eigenvalue weighted by Crippen LogP contribution is 2.41. The second kappa shape index (κ2) is 7.66. The van der Waals surface area contributed by atoms with Gasteiger partial charge in [-0.25, -0.2) is 9.18 Å². The zero-order valence-corrected chi connectivity index (χ0v) is 16.0. The Balaban J connectivity index is 1.95. The van der Waals surface area contributed by atoms with Crippen molar-refractivity contribution in [3.05, 3.63) is 47.8 Å². The largest absolute Gasteiger partial charge is 0.333 e. The Morgan fingerprint density at radius 3 is 2.54 bits per heavy atom. The number of ketones is 1. The maximum absolute atomic E-state index is 13.4. The van der Waals surface area contributed by atoms with E-state index in [4.69, 9.17) is 0 Å². The number of hydrogen-bond donors (Lipinski definition) is 0. The van der Waals surface area contributed by atoms with Crippen molar-refractivity contribution in [2.24, 2.45) is 11.3 Å². The van der Waals surface area contributed by atoms with E-state index in [0.29, 0.717) is 6.42 Å². The summed E-state index contributed by atoms with van der Waals surface area (Å²) in [4.78, 5) is 53.5.